The van der Waals surface area contributed by atoms with Crippen LogP contribution < -0.4 is 20.1 Å². The molecule has 140 valence electrons. The lowest BCUT2D eigenvalue weighted by Gasteiger charge is -2.10. The molecular weight excluding hydrogens is 364 g/mol. The highest BCUT2D eigenvalue weighted by Crippen LogP contribution is 2.28. The average molecular weight is 384 g/mol. The van der Waals surface area contributed by atoms with E-state index < -0.39 is 0 Å². The number of aromatic nitrogens is 2. The molecule has 0 aliphatic heterocycles. The quantitative estimate of drug-likeness (QED) is 0.674. The molecule has 0 fully saturated rings. The van der Waals surface area contributed by atoms with Gasteiger partial charge in [-0.3, -0.25) is 4.98 Å². The average Bonchev–Trinajstić information content (AvgIpc) is 3.07. The fourth-order valence-corrected chi connectivity index (χ4v) is 3.41. The third kappa shape index (κ3) is 4.73. The monoisotopic (exact) mass is 384 g/mol. The van der Waals surface area contributed by atoms with Crippen LogP contribution in [0.15, 0.2) is 42.7 Å². The molecule has 1 aromatic carbocycles. The Labute approximate surface area is 161 Å². The first-order valence-electron chi connectivity index (χ1n) is 8.23. The molecule has 0 aliphatic carbocycles. The van der Waals surface area contributed by atoms with Crippen LogP contribution in [0, 0.1) is 6.92 Å². The second kappa shape index (κ2) is 8.50. The largest absolute Gasteiger partial charge is 0.497 e. The molecule has 2 N–H and O–H groups in total. The number of rotatable bonds is 6. The minimum Gasteiger partial charge on any atom is -0.497 e. The Kier molecular flexibility index (Phi) is 5.87. The van der Waals surface area contributed by atoms with Gasteiger partial charge in [0.1, 0.15) is 16.5 Å². The van der Waals surface area contributed by atoms with Crippen molar-refractivity contribution in [3.05, 3.63) is 53.3 Å². The topological polar surface area (TPSA) is 85.4 Å². The Morgan fingerprint density at radius 1 is 1.19 bits per heavy atom. The molecule has 0 spiro atoms. The van der Waals surface area contributed by atoms with Gasteiger partial charge in [0.05, 0.1) is 26.5 Å². The predicted octanol–water partition coefficient (Wildman–Crippen LogP) is 3.85. The number of aryl methyl sites for hydroxylation is 1. The number of methoxy groups -OCH3 is 2. The first-order chi connectivity index (χ1) is 13.1. The van der Waals surface area contributed by atoms with Crippen LogP contribution in [0.5, 0.6) is 11.5 Å². The summed E-state index contributed by atoms with van der Waals surface area (Å²) in [4.78, 5) is 21.9. The van der Waals surface area contributed by atoms with E-state index in [1.807, 2.05) is 19.1 Å². The maximum atomic E-state index is 12.2. The van der Waals surface area contributed by atoms with E-state index in [0.717, 1.165) is 21.1 Å². The van der Waals surface area contributed by atoms with Crippen LogP contribution in [0.4, 0.5) is 10.5 Å². The summed E-state index contributed by atoms with van der Waals surface area (Å²) in [5, 5.41) is 6.52. The van der Waals surface area contributed by atoms with E-state index in [1.54, 1.807) is 44.8 Å². The molecule has 8 heteroatoms. The van der Waals surface area contributed by atoms with Crippen LogP contribution in [-0.2, 0) is 6.54 Å². The molecule has 0 atom stereocenters. The molecule has 2 aromatic heterocycles. The summed E-state index contributed by atoms with van der Waals surface area (Å²) in [6, 6.07) is 8.71. The zero-order valence-corrected chi connectivity index (χ0v) is 16.1. The van der Waals surface area contributed by atoms with E-state index in [0.29, 0.717) is 23.7 Å². The lowest BCUT2D eigenvalue weighted by atomic mass is 10.3. The lowest BCUT2D eigenvalue weighted by molar-refractivity contribution is 0.252. The SMILES string of the molecule is COc1cc(NC(=O)NCc2sc(-c3cccnc3)nc2C)cc(OC)c1. The predicted molar refractivity (Wildman–Crippen MR) is 105 cm³/mol. The number of thiazole rings is 1. The Morgan fingerprint density at radius 2 is 1.93 bits per heavy atom. The highest BCUT2D eigenvalue weighted by atomic mass is 32.1. The Bertz CT molecular complexity index is 906. The van der Waals surface area contributed by atoms with Crippen LogP contribution in [-0.4, -0.2) is 30.2 Å². The molecule has 0 unspecified atom stereocenters. The zero-order valence-electron chi connectivity index (χ0n) is 15.3. The van der Waals surface area contributed by atoms with Gasteiger partial charge in [0.15, 0.2) is 0 Å². The Morgan fingerprint density at radius 3 is 2.56 bits per heavy atom. The van der Waals surface area contributed by atoms with Gasteiger partial charge in [-0.25, -0.2) is 9.78 Å². The molecule has 27 heavy (non-hydrogen) atoms. The van der Waals surface area contributed by atoms with Gasteiger partial charge in [-0.05, 0) is 19.1 Å². The number of nitrogens with zero attached hydrogens (tertiary/aromatic N) is 2. The fourth-order valence-electron chi connectivity index (χ4n) is 2.42. The van der Waals surface area contributed by atoms with Crippen molar-refractivity contribution in [3.8, 4) is 22.1 Å². The molecular formula is C19H20N4O3S. The number of hydrogen-bond acceptors (Lipinski definition) is 6. The smallest absolute Gasteiger partial charge is 0.319 e. The normalized spacial score (nSPS) is 10.3. The third-order valence-corrected chi connectivity index (χ3v) is 5.03. The van der Waals surface area contributed by atoms with Crippen LogP contribution in [0.3, 0.4) is 0 Å². The van der Waals surface area contributed by atoms with Crippen molar-refractivity contribution in [2.75, 3.05) is 19.5 Å². The number of hydrogen-bond donors (Lipinski definition) is 2. The van der Waals surface area contributed by atoms with Gasteiger partial charge in [-0.2, -0.15) is 0 Å². The summed E-state index contributed by atoms with van der Waals surface area (Å²) in [5.41, 5.74) is 2.44. The number of anilines is 1. The van der Waals surface area contributed by atoms with E-state index in [4.69, 9.17) is 9.47 Å². The van der Waals surface area contributed by atoms with E-state index in [9.17, 15) is 4.79 Å². The summed E-state index contributed by atoms with van der Waals surface area (Å²) in [6.45, 7) is 2.31. The number of benzene rings is 1. The Balaban J connectivity index is 1.64. The molecule has 2 heterocycles. The van der Waals surface area contributed by atoms with Gasteiger partial charge in [-0.15, -0.1) is 11.3 Å². The first kappa shape index (κ1) is 18.7. The minimum atomic E-state index is -0.318. The maximum absolute atomic E-state index is 12.2. The number of amides is 2. The molecule has 0 saturated carbocycles. The summed E-state index contributed by atoms with van der Waals surface area (Å²) < 4.78 is 10.4. The second-order valence-corrected chi connectivity index (χ2v) is 6.76. The fraction of sp³-hybridized carbons (Fsp3) is 0.211. The number of carbonyl (C=O) groups is 1. The van der Waals surface area contributed by atoms with Gasteiger partial charge in [0.25, 0.3) is 0 Å². The molecule has 0 aliphatic rings. The van der Waals surface area contributed by atoms with Crippen molar-refractivity contribution >= 4 is 23.1 Å². The van der Waals surface area contributed by atoms with Gasteiger partial charge in [0, 0.05) is 46.7 Å². The first-order valence-corrected chi connectivity index (χ1v) is 9.05. The standard InChI is InChI=1S/C19H20N4O3S/c1-12-17(27-18(22-12)13-5-4-6-20-10-13)11-21-19(24)23-14-7-15(25-2)9-16(8-14)26-3/h4-10H,11H2,1-3H3,(H2,21,23,24). The number of pyridine rings is 1. The highest BCUT2D eigenvalue weighted by molar-refractivity contribution is 7.15. The Hall–Kier alpha value is -3.13. The molecule has 0 saturated heterocycles. The zero-order chi connectivity index (χ0) is 19.2. The van der Waals surface area contributed by atoms with Crippen molar-refractivity contribution in [1.29, 1.82) is 0 Å². The molecule has 2 amide bonds. The van der Waals surface area contributed by atoms with E-state index in [1.165, 1.54) is 11.3 Å². The van der Waals surface area contributed by atoms with Crippen LogP contribution in [0.1, 0.15) is 10.6 Å². The molecule has 7 nitrogen and oxygen atoms in total. The molecule has 0 radical (unpaired) electrons. The van der Waals surface area contributed by atoms with Crippen molar-refractivity contribution in [2.24, 2.45) is 0 Å². The molecule has 3 aromatic rings. The van der Waals surface area contributed by atoms with Gasteiger partial charge in [0.2, 0.25) is 0 Å². The van der Waals surface area contributed by atoms with E-state index in [-0.39, 0.29) is 6.03 Å². The number of carbonyl (C=O) groups excluding carboxylic acids is 1. The maximum Gasteiger partial charge on any atom is 0.319 e. The van der Waals surface area contributed by atoms with Gasteiger partial charge in [-0.1, -0.05) is 0 Å². The van der Waals surface area contributed by atoms with Gasteiger partial charge < -0.3 is 20.1 Å². The number of ether oxygens (including phenoxy) is 2. The summed E-state index contributed by atoms with van der Waals surface area (Å²) in [7, 11) is 3.12. The van der Waals surface area contributed by atoms with Crippen molar-refractivity contribution in [1.82, 2.24) is 15.3 Å². The van der Waals surface area contributed by atoms with E-state index >= 15 is 0 Å². The summed E-state index contributed by atoms with van der Waals surface area (Å²) in [5.74, 6) is 1.20. The molecule has 0 bridgehead atoms. The summed E-state index contributed by atoms with van der Waals surface area (Å²) in [6.07, 6.45) is 3.50. The second-order valence-electron chi connectivity index (χ2n) is 5.68. The third-order valence-electron chi connectivity index (χ3n) is 3.82. The van der Waals surface area contributed by atoms with Crippen molar-refractivity contribution < 1.29 is 14.3 Å². The van der Waals surface area contributed by atoms with Crippen LogP contribution in [0.2, 0.25) is 0 Å². The van der Waals surface area contributed by atoms with Crippen molar-refractivity contribution in [3.63, 3.8) is 0 Å². The molecule has 3 rings (SSSR count). The summed E-state index contributed by atoms with van der Waals surface area (Å²) >= 11 is 1.54. The van der Waals surface area contributed by atoms with Crippen LogP contribution in [0.25, 0.3) is 10.6 Å². The van der Waals surface area contributed by atoms with E-state index in [2.05, 4.69) is 20.6 Å². The highest BCUT2D eigenvalue weighted by Gasteiger charge is 2.11. The number of nitrogens with one attached hydrogen (secondary N) is 2. The van der Waals surface area contributed by atoms with Gasteiger partial charge >= 0.3 is 6.03 Å². The minimum absolute atomic E-state index is 0.318. The lowest BCUT2D eigenvalue weighted by Crippen LogP contribution is -2.28. The number of urea groups is 1. The van der Waals surface area contributed by atoms with Crippen LogP contribution >= 0.6 is 11.3 Å². The van der Waals surface area contributed by atoms with Crippen molar-refractivity contribution in [2.45, 2.75) is 13.5 Å².